The van der Waals surface area contributed by atoms with Gasteiger partial charge in [0, 0.05) is 36.6 Å². The van der Waals surface area contributed by atoms with Gasteiger partial charge in [-0.1, -0.05) is 88.8 Å². The van der Waals surface area contributed by atoms with Crippen molar-refractivity contribution in [1.82, 2.24) is 10.2 Å². The first-order valence-electron chi connectivity index (χ1n) is 21.6. The number of unbranched alkanes of at least 4 members (excludes halogenated alkanes) is 6. The number of hydrogen-bond acceptors (Lipinski definition) is 9. The molecule has 9 nitrogen and oxygen atoms in total. The minimum atomic E-state index is 0.441. The molecule has 0 radical (unpaired) electrons. The second-order valence-electron chi connectivity index (χ2n) is 15.5. The zero-order valence-corrected chi connectivity index (χ0v) is 34.8. The summed E-state index contributed by atoms with van der Waals surface area (Å²) in [6.07, 6.45) is 13.4. The van der Waals surface area contributed by atoms with E-state index in [1.165, 1.54) is 38.5 Å². The lowest BCUT2D eigenvalue weighted by molar-refractivity contribution is 0.471. The number of nitrogens with zero attached hydrogens (tertiary/aromatic N) is 6. The number of aromatic nitrogens is 2. The van der Waals surface area contributed by atoms with E-state index in [2.05, 4.69) is 94.5 Å². The van der Waals surface area contributed by atoms with Crippen LogP contribution in [0.15, 0.2) is 148 Å². The molecule has 7 aromatic rings. The van der Waals surface area contributed by atoms with Crippen LogP contribution in [-0.2, 0) is 0 Å². The smallest absolute Gasteiger partial charge is 0.248 e. The van der Waals surface area contributed by atoms with Crippen LogP contribution < -0.4 is 19.3 Å². The SMILES string of the molecule is CCCCCCN1c2ccccc2Oc2cc(C=Nc3ccc(-c4nnc(-c5ccc(N=Cc6ccc7c(c6)Oc6ccccc6N7CCCCCC)cc5)o4)cc3)ccc21. The van der Waals surface area contributed by atoms with Crippen molar-refractivity contribution in [2.75, 3.05) is 22.9 Å². The second-order valence-corrected chi connectivity index (χ2v) is 15.5. The Morgan fingerprint density at radius 1 is 0.459 bits per heavy atom. The molecule has 0 unspecified atom stereocenters. The molecule has 6 aromatic carbocycles. The van der Waals surface area contributed by atoms with Crippen molar-refractivity contribution in [3.63, 3.8) is 0 Å². The van der Waals surface area contributed by atoms with E-state index >= 15 is 0 Å². The molecule has 61 heavy (non-hydrogen) atoms. The minimum absolute atomic E-state index is 0.441. The first-order chi connectivity index (χ1) is 30.1. The van der Waals surface area contributed by atoms with E-state index in [1.54, 1.807) is 0 Å². The van der Waals surface area contributed by atoms with Gasteiger partial charge in [-0.2, -0.15) is 0 Å². The molecule has 0 atom stereocenters. The maximum Gasteiger partial charge on any atom is 0.248 e. The van der Waals surface area contributed by atoms with Crippen molar-refractivity contribution in [2.24, 2.45) is 9.98 Å². The fourth-order valence-corrected chi connectivity index (χ4v) is 7.87. The quantitative estimate of drug-likeness (QED) is 0.0709. The first kappa shape index (κ1) is 39.5. The van der Waals surface area contributed by atoms with Gasteiger partial charge in [0.2, 0.25) is 11.8 Å². The lowest BCUT2D eigenvalue weighted by Gasteiger charge is -2.33. The van der Waals surface area contributed by atoms with Gasteiger partial charge in [0.05, 0.1) is 34.1 Å². The third kappa shape index (κ3) is 8.97. The van der Waals surface area contributed by atoms with Gasteiger partial charge in [0.1, 0.15) is 0 Å². The topological polar surface area (TPSA) is 88.6 Å². The number of hydrogen-bond donors (Lipinski definition) is 0. The van der Waals surface area contributed by atoms with E-state index in [-0.39, 0.29) is 0 Å². The summed E-state index contributed by atoms with van der Waals surface area (Å²) in [5, 5.41) is 8.67. The van der Waals surface area contributed by atoms with Gasteiger partial charge in [-0.3, -0.25) is 9.98 Å². The zero-order chi connectivity index (χ0) is 41.4. The van der Waals surface area contributed by atoms with E-state index in [4.69, 9.17) is 23.9 Å². The fraction of sp³-hybridized carbons (Fsp3) is 0.231. The molecule has 1 aromatic heterocycles. The summed E-state index contributed by atoms with van der Waals surface area (Å²) < 4.78 is 18.8. The molecule has 0 bridgehead atoms. The van der Waals surface area contributed by atoms with Gasteiger partial charge in [-0.25, -0.2) is 0 Å². The minimum Gasteiger partial charge on any atom is -0.453 e. The van der Waals surface area contributed by atoms with Gasteiger partial charge in [0.25, 0.3) is 0 Å². The van der Waals surface area contributed by atoms with Crippen LogP contribution in [0.3, 0.4) is 0 Å². The van der Waals surface area contributed by atoms with Crippen LogP contribution in [-0.4, -0.2) is 35.7 Å². The molecule has 2 aliphatic heterocycles. The molecule has 306 valence electrons. The molecule has 0 saturated carbocycles. The Morgan fingerprint density at radius 2 is 0.885 bits per heavy atom. The number of rotatable bonds is 16. The van der Waals surface area contributed by atoms with Crippen LogP contribution in [0.4, 0.5) is 34.1 Å². The van der Waals surface area contributed by atoms with E-state index < -0.39 is 0 Å². The van der Waals surface area contributed by atoms with Crippen LogP contribution in [0.5, 0.6) is 23.0 Å². The molecule has 9 rings (SSSR count). The van der Waals surface area contributed by atoms with Crippen molar-refractivity contribution in [3.8, 4) is 45.9 Å². The van der Waals surface area contributed by atoms with Crippen LogP contribution in [0.2, 0.25) is 0 Å². The molecule has 0 saturated heterocycles. The highest BCUT2D eigenvalue weighted by Gasteiger charge is 2.25. The van der Waals surface area contributed by atoms with Gasteiger partial charge in [-0.15, -0.1) is 10.2 Å². The fourth-order valence-electron chi connectivity index (χ4n) is 7.87. The number of ether oxygens (including phenoxy) is 2. The van der Waals surface area contributed by atoms with Crippen LogP contribution in [0, 0.1) is 0 Å². The summed E-state index contributed by atoms with van der Waals surface area (Å²) in [5.74, 6) is 4.33. The van der Waals surface area contributed by atoms with Crippen molar-refractivity contribution in [3.05, 3.63) is 145 Å². The molecular weight excluding hydrogens is 757 g/mol. The highest BCUT2D eigenvalue weighted by molar-refractivity contribution is 5.88. The van der Waals surface area contributed by atoms with Crippen molar-refractivity contribution in [1.29, 1.82) is 0 Å². The summed E-state index contributed by atoms with van der Waals surface area (Å²) in [4.78, 5) is 14.3. The summed E-state index contributed by atoms with van der Waals surface area (Å²) in [5.41, 5.74) is 9.59. The number of para-hydroxylation sites is 4. The largest absolute Gasteiger partial charge is 0.453 e. The van der Waals surface area contributed by atoms with E-state index in [0.717, 1.165) is 105 Å². The molecule has 0 N–H and O–H groups in total. The Labute approximate surface area is 358 Å². The standard InChI is InChI=1S/C52H50N6O3/c1-3-5-7-13-31-57-43-15-9-11-17-47(43)59-49-33-37(19-29-45(49)57)35-53-41-25-21-39(22-26-41)51-55-56-52(61-51)40-23-27-42(28-24-40)54-36-38-20-30-46-50(34-38)60-48-18-12-10-16-44(48)58(46)32-14-8-6-4-2/h9-12,15-30,33-36H,3-8,13-14,31-32H2,1-2H3. The van der Waals surface area contributed by atoms with Crippen LogP contribution in [0.1, 0.15) is 76.3 Å². The molecular formula is C52H50N6O3. The summed E-state index contributed by atoms with van der Waals surface area (Å²) >= 11 is 0. The predicted molar refractivity (Wildman–Crippen MR) is 248 cm³/mol. The van der Waals surface area contributed by atoms with Crippen LogP contribution >= 0.6 is 0 Å². The normalized spacial score (nSPS) is 12.8. The van der Waals surface area contributed by atoms with Crippen LogP contribution in [0.25, 0.3) is 22.9 Å². The summed E-state index contributed by atoms with van der Waals surface area (Å²) in [7, 11) is 0. The molecule has 0 fully saturated rings. The monoisotopic (exact) mass is 806 g/mol. The van der Waals surface area contributed by atoms with Crippen molar-refractivity contribution >= 4 is 46.6 Å². The lowest BCUT2D eigenvalue weighted by atomic mass is 10.1. The number of benzene rings is 6. The van der Waals surface area contributed by atoms with Crippen molar-refractivity contribution in [2.45, 2.75) is 65.2 Å². The third-order valence-corrected chi connectivity index (χ3v) is 11.2. The molecule has 0 amide bonds. The zero-order valence-electron chi connectivity index (χ0n) is 34.8. The maximum atomic E-state index is 6.36. The Bertz CT molecular complexity index is 2470. The van der Waals surface area contributed by atoms with Crippen molar-refractivity contribution < 1.29 is 13.9 Å². The van der Waals surface area contributed by atoms with E-state index in [9.17, 15) is 0 Å². The Morgan fingerprint density at radius 3 is 1.33 bits per heavy atom. The molecule has 2 aliphatic rings. The third-order valence-electron chi connectivity index (χ3n) is 11.2. The summed E-state index contributed by atoms with van der Waals surface area (Å²) in [6, 6.07) is 44.7. The Hall–Kier alpha value is -7.00. The van der Waals surface area contributed by atoms with Gasteiger partial charge < -0.3 is 23.7 Å². The molecule has 9 heteroatoms. The number of anilines is 4. The highest BCUT2D eigenvalue weighted by atomic mass is 16.5. The first-order valence-corrected chi connectivity index (χ1v) is 21.6. The van der Waals surface area contributed by atoms with E-state index in [1.807, 2.05) is 85.2 Å². The average Bonchev–Trinajstić information content (AvgIpc) is 3.80. The Kier molecular flexibility index (Phi) is 12.0. The second kappa shape index (κ2) is 18.5. The highest BCUT2D eigenvalue weighted by Crippen LogP contribution is 2.48. The summed E-state index contributed by atoms with van der Waals surface area (Å²) in [6.45, 7) is 6.40. The molecule has 3 heterocycles. The Balaban J connectivity index is 0.827. The average molecular weight is 807 g/mol. The number of fused-ring (bicyclic) bond motifs is 4. The lowest BCUT2D eigenvalue weighted by Crippen LogP contribution is -2.22. The maximum absolute atomic E-state index is 6.36. The molecule has 0 aliphatic carbocycles. The van der Waals surface area contributed by atoms with Gasteiger partial charge >= 0.3 is 0 Å². The molecule has 0 spiro atoms. The van der Waals surface area contributed by atoms with Gasteiger partial charge in [-0.05, 0) is 121 Å². The number of aliphatic imine (C=N–C) groups is 2. The predicted octanol–water partition coefficient (Wildman–Crippen LogP) is 14.6. The van der Waals surface area contributed by atoms with Gasteiger partial charge in [0.15, 0.2) is 23.0 Å². The van der Waals surface area contributed by atoms with E-state index in [0.29, 0.717) is 11.8 Å².